The Morgan fingerprint density at radius 2 is 2.03 bits per heavy atom. The van der Waals surface area contributed by atoms with Crippen molar-refractivity contribution in [1.82, 2.24) is 9.80 Å². The van der Waals surface area contributed by atoms with E-state index in [1.54, 1.807) is 29.2 Å². The molecule has 158 valence electrons. The molecule has 2 heterocycles. The Morgan fingerprint density at radius 3 is 2.70 bits per heavy atom. The Balaban J connectivity index is 1.70. The largest absolute Gasteiger partial charge is 0.493 e. The third kappa shape index (κ3) is 4.94. The van der Waals surface area contributed by atoms with E-state index in [-0.39, 0.29) is 24.0 Å². The second-order valence-corrected chi connectivity index (χ2v) is 8.18. The second kappa shape index (κ2) is 9.67. The van der Waals surface area contributed by atoms with Gasteiger partial charge in [-0.15, -0.1) is 0 Å². The van der Waals surface area contributed by atoms with Gasteiger partial charge in [-0.25, -0.2) is 0 Å². The molecule has 3 rings (SSSR count). The van der Waals surface area contributed by atoms with Crippen LogP contribution < -0.4 is 9.47 Å². The van der Waals surface area contributed by atoms with Crippen molar-refractivity contribution in [3.05, 3.63) is 28.7 Å². The number of hydrogen-bond donors (Lipinski definition) is 0. The zero-order chi connectivity index (χ0) is 21.7. The highest BCUT2D eigenvalue weighted by Gasteiger charge is 2.37. The van der Waals surface area contributed by atoms with Crippen molar-refractivity contribution in [2.75, 3.05) is 33.4 Å². The zero-order valence-corrected chi connectivity index (χ0v) is 17.7. The number of carbonyl (C=O) groups is 3. The maximum atomic E-state index is 12.7. The average molecular weight is 429 g/mol. The smallest absolute Gasteiger partial charge is 0.294 e. The molecule has 0 saturated carbocycles. The topological polar surface area (TPSA) is 99.9 Å². The third-order valence-electron chi connectivity index (χ3n) is 5.08. The normalized spacial score (nSPS) is 18.6. The van der Waals surface area contributed by atoms with Gasteiger partial charge in [-0.05, 0) is 54.3 Å². The fraction of sp³-hybridized carbons (Fsp3) is 0.429. The van der Waals surface area contributed by atoms with Crippen molar-refractivity contribution < 1.29 is 23.9 Å². The van der Waals surface area contributed by atoms with Gasteiger partial charge in [0, 0.05) is 13.1 Å². The van der Waals surface area contributed by atoms with Crippen molar-refractivity contribution >= 4 is 34.9 Å². The van der Waals surface area contributed by atoms with Crippen molar-refractivity contribution in [1.29, 1.82) is 5.26 Å². The van der Waals surface area contributed by atoms with Crippen LogP contribution in [0.1, 0.15) is 25.3 Å². The number of nitrogens with zero attached hydrogens (tertiary/aromatic N) is 3. The number of likely N-dealkylation sites (tertiary alicyclic amines) is 1. The maximum Gasteiger partial charge on any atom is 0.294 e. The van der Waals surface area contributed by atoms with E-state index < -0.39 is 11.1 Å². The minimum Gasteiger partial charge on any atom is -0.493 e. The summed E-state index contributed by atoms with van der Waals surface area (Å²) in [5.41, 5.74) is 0.637. The summed E-state index contributed by atoms with van der Waals surface area (Å²) in [7, 11) is 1.47. The number of methoxy groups -OCH3 is 1. The number of amides is 3. The van der Waals surface area contributed by atoms with E-state index in [9.17, 15) is 14.4 Å². The van der Waals surface area contributed by atoms with E-state index in [2.05, 4.69) is 6.92 Å². The number of imide groups is 1. The Hall–Kier alpha value is -2.99. The summed E-state index contributed by atoms with van der Waals surface area (Å²) < 4.78 is 10.5. The SMILES string of the molecule is COc1cc(/C=C2\SC(=O)N(CC(=O)N3CCC(C)CC3)C2=O)ccc1OCC#N. The van der Waals surface area contributed by atoms with Crippen molar-refractivity contribution in [2.24, 2.45) is 5.92 Å². The van der Waals surface area contributed by atoms with Crippen LogP contribution in [0.5, 0.6) is 11.5 Å². The quantitative estimate of drug-likeness (QED) is 0.641. The van der Waals surface area contributed by atoms with Crippen LogP contribution >= 0.6 is 11.8 Å². The van der Waals surface area contributed by atoms with Gasteiger partial charge in [0.2, 0.25) is 5.91 Å². The number of piperidine rings is 1. The van der Waals surface area contributed by atoms with E-state index in [4.69, 9.17) is 14.7 Å². The minimum atomic E-state index is -0.479. The molecular formula is C21H23N3O5S. The molecule has 0 N–H and O–H groups in total. The number of thioether (sulfide) groups is 1. The minimum absolute atomic E-state index is 0.113. The molecule has 0 bridgehead atoms. The number of ether oxygens (including phenoxy) is 2. The van der Waals surface area contributed by atoms with Crippen molar-refractivity contribution in [2.45, 2.75) is 19.8 Å². The monoisotopic (exact) mass is 429 g/mol. The highest BCUT2D eigenvalue weighted by molar-refractivity contribution is 8.18. The van der Waals surface area contributed by atoms with Crippen LogP contribution in [0, 0.1) is 17.2 Å². The summed E-state index contributed by atoms with van der Waals surface area (Å²) >= 11 is 0.810. The van der Waals surface area contributed by atoms with E-state index >= 15 is 0 Å². The molecule has 2 aliphatic heterocycles. The molecule has 0 aromatic heterocycles. The molecule has 8 nitrogen and oxygen atoms in total. The summed E-state index contributed by atoms with van der Waals surface area (Å²) in [4.78, 5) is 40.5. The second-order valence-electron chi connectivity index (χ2n) is 7.19. The molecule has 1 aromatic rings. The lowest BCUT2D eigenvalue weighted by Gasteiger charge is -2.31. The van der Waals surface area contributed by atoms with E-state index in [0.717, 1.165) is 29.5 Å². The van der Waals surface area contributed by atoms with Gasteiger partial charge in [-0.1, -0.05) is 13.0 Å². The van der Waals surface area contributed by atoms with Crippen LogP contribution in [0.15, 0.2) is 23.1 Å². The molecule has 2 fully saturated rings. The fourth-order valence-corrected chi connectivity index (χ4v) is 4.12. The van der Waals surface area contributed by atoms with Gasteiger partial charge in [0.15, 0.2) is 18.1 Å². The molecule has 0 aliphatic carbocycles. The van der Waals surface area contributed by atoms with Gasteiger partial charge >= 0.3 is 0 Å². The molecule has 2 saturated heterocycles. The summed E-state index contributed by atoms with van der Waals surface area (Å²) in [6, 6.07) is 6.87. The first-order valence-electron chi connectivity index (χ1n) is 9.64. The number of nitriles is 1. The number of rotatable bonds is 6. The van der Waals surface area contributed by atoms with Gasteiger partial charge in [0.25, 0.3) is 11.1 Å². The third-order valence-corrected chi connectivity index (χ3v) is 5.99. The summed E-state index contributed by atoms with van der Waals surface area (Å²) in [6.07, 6.45) is 3.45. The van der Waals surface area contributed by atoms with Gasteiger partial charge in [-0.3, -0.25) is 19.3 Å². The molecule has 0 atom stereocenters. The van der Waals surface area contributed by atoms with Crippen molar-refractivity contribution in [3.8, 4) is 17.6 Å². The molecule has 3 amide bonds. The Morgan fingerprint density at radius 1 is 1.30 bits per heavy atom. The average Bonchev–Trinajstić information content (AvgIpc) is 3.00. The summed E-state index contributed by atoms with van der Waals surface area (Å²) in [6.45, 7) is 3.12. The first kappa shape index (κ1) is 21.7. The highest BCUT2D eigenvalue weighted by atomic mass is 32.2. The van der Waals surface area contributed by atoms with Gasteiger partial charge in [-0.2, -0.15) is 5.26 Å². The van der Waals surface area contributed by atoms with Gasteiger partial charge < -0.3 is 14.4 Å². The van der Waals surface area contributed by atoms with Crippen molar-refractivity contribution in [3.63, 3.8) is 0 Å². The van der Waals surface area contributed by atoms with Gasteiger partial charge in [0.1, 0.15) is 12.6 Å². The van der Waals surface area contributed by atoms with E-state index in [1.807, 2.05) is 6.07 Å². The molecule has 0 spiro atoms. The van der Waals surface area contributed by atoms with Crippen LogP contribution in [0.25, 0.3) is 6.08 Å². The van der Waals surface area contributed by atoms with Crippen LogP contribution in [-0.2, 0) is 9.59 Å². The maximum absolute atomic E-state index is 12.7. The van der Waals surface area contributed by atoms with Crippen LogP contribution in [-0.4, -0.2) is 60.2 Å². The number of hydrogen-bond acceptors (Lipinski definition) is 7. The number of carbonyl (C=O) groups excluding carboxylic acids is 3. The molecule has 0 unspecified atom stereocenters. The lowest BCUT2D eigenvalue weighted by Crippen LogP contribution is -2.45. The lowest BCUT2D eigenvalue weighted by molar-refractivity contribution is -0.136. The van der Waals surface area contributed by atoms with E-state index in [0.29, 0.717) is 36.1 Å². The lowest BCUT2D eigenvalue weighted by atomic mass is 9.99. The fourth-order valence-electron chi connectivity index (χ4n) is 3.28. The summed E-state index contributed by atoms with van der Waals surface area (Å²) in [5, 5.41) is 8.19. The molecule has 0 radical (unpaired) electrons. The Bertz CT molecular complexity index is 916. The van der Waals surface area contributed by atoms with Crippen LogP contribution in [0.3, 0.4) is 0 Å². The van der Waals surface area contributed by atoms with Crippen LogP contribution in [0.4, 0.5) is 4.79 Å². The Kier molecular flexibility index (Phi) is 7.00. The molecular weight excluding hydrogens is 406 g/mol. The van der Waals surface area contributed by atoms with Crippen LogP contribution in [0.2, 0.25) is 0 Å². The first-order valence-corrected chi connectivity index (χ1v) is 10.5. The molecule has 9 heteroatoms. The Labute approximate surface area is 179 Å². The zero-order valence-electron chi connectivity index (χ0n) is 16.9. The predicted molar refractivity (Wildman–Crippen MR) is 112 cm³/mol. The van der Waals surface area contributed by atoms with Gasteiger partial charge in [0.05, 0.1) is 12.0 Å². The van der Waals surface area contributed by atoms with E-state index in [1.165, 1.54) is 7.11 Å². The first-order chi connectivity index (χ1) is 14.4. The molecule has 2 aliphatic rings. The highest BCUT2D eigenvalue weighted by Crippen LogP contribution is 2.34. The summed E-state index contributed by atoms with van der Waals surface area (Å²) in [5.74, 6) is 0.722. The molecule has 30 heavy (non-hydrogen) atoms. The predicted octanol–water partition coefficient (Wildman–Crippen LogP) is 2.89. The molecule has 1 aromatic carbocycles. The standard InChI is InChI=1S/C21H23N3O5S/c1-14-5-8-23(9-6-14)19(25)13-24-20(26)18(30-21(24)27)12-15-3-4-16(29-10-7-22)17(11-15)28-2/h3-4,11-12,14H,5-6,8-10,13H2,1-2H3/b18-12-. The number of benzene rings is 1.